The highest BCUT2D eigenvalue weighted by atomic mass is 19.1. The van der Waals surface area contributed by atoms with E-state index >= 15 is 0 Å². The number of aromatic nitrogens is 1. The molecule has 0 bridgehead atoms. The average Bonchev–Trinajstić information content (AvgIpc) is 3.04. The summed E-state index contributed by atoms with van der Waals surface area (Å²) in [5, 5.41) is 2.72. The van der Waals surface area contributed by atoms with Crippen molar-refractivity contribution in [3.63, 3.8) is 0 Å². The first kappa shape index (κ1) is 20.3. The lowest BCUT2D eigenvalue weighted by Gasteiger charge is -2.20. The predicted molar refractivity (Wildman–Crippen MR) is 106 cm³/mol. The summed E-state index contributed by atoms with van der Waals surface area (Å²) in [5.74, 6) is -1.40. The molecule has 1 aromatic heterocycles. The molecule has 29 heavy (non-hydrogen) atoms. The monoisotopic (exact) mass is 399 g/mol. The molecule has 0 saturated carbocycles. The number of nitrogens with one attached hydrogen (secondary N) is 1. The fourth-order valence-electron chi connectivity index (χ4n) is 3.00. The highest BCUT2D eigenvalue weighted by Gasteiger charge is 2.17. The Balaban J connectivity index is 1.54. The lowest BCUT2D eigenvalue weighted by atomic mass is 10.2. The second-order valence-corrected chi connectivity index (χ2v) is 6.55. The van der Waals surface area contributed by atoms with Gasteiger partial charge in [0.15, 0.2) is 5.58 Å². The molecule has 2 aromatic carbocycles. The van der Waals surface area contributed by atoms with E-state index in [1.165, 1.54) is 21.6 Å². The minimum Gasteiger partial charge on any atom is -0.408 e. The topological polar surface area (TPSA) is 84.5 Å². The summed E-state index contributed by atoms with van der Waals surface area (Å²) in [5.41, 5.74) is 1.86. The number of carbonyl (C=O) groups excluding carboxylic acids is 2. The van der Waals surface area contributed by atoms with E-state index in [4.69, 9.17) is 4.42 Å². The number of benzene rings is 2. The molecule has 152 valence electrons. The normalized spacial score (nSPS) is 10.8. The molecule has 1 heterocycles. The maximum absolute atomic E-state index is 12.9. The van der Waals surface area contributed by atoms with Gasteiger partial charge in [-0.15, -0.1) is 0 Å². The molecule has 3 aromatic rings. The van der Waals surface area contributed by atoms with E-state index in [1.54, 1.807) is 43.3 Å². The molecule has 0 aliphatic heterocycles. The SMILES string of the molecule is CCN(CC(=O)NCc1ccc(F)cc1)C(=O)CCn1c(=O)oc2ccccc21. The van der Waals surface area contributed by atoms with Crippen LogP contribution in [0.2, 0.25) is 0 Å². The summed E-state index contributed by atoms with van der Waals surface area (Å²) in [6.45, 7) is 2.48. The Morgan fingerprint density at radius 3 is 2.59 bits per heavy atom. The summed E-state index contributed by atoms with van der Waals surface area (Å²) in [6.07, 6.45) is 0.0719. The van der Waals surface area contributed by atoms with Crippen LogP contribution in [0.4, 0.5) is 4.39 Å². The van der Waals surface area contributed by atoms with Gasteiger partial charge in [0.1, 0.15) is 5.82 Å². The van der Waals surface area contributed by atoms with Gasteiger partial charge in [-0.3, -0.25) is 14.2 Å². The van der Waals surface area contributed by atoms with Gasteiger partial charge in [-0.05, 0) is 36.8 Å². The molecule has 2 amide bonds. The fourth-order valence-corrected chi connectivity index (χ4v) is 3.00. The smallest absolute Gasteiger partial charge is 0.408 e. The van der Waals surface area contributed by atoms with Crippen molar-refractivity contribution in [2.75, 3.05) is 13.1 Å². The third-order valence-electron chi connectivity index (χ3n) is 4.59. The van der Waals surface area contributed by atoms with Gasteiger partial charge in [-0.2, -0.15) is 0 Å². The number of para-hydroxylation sites is 2. The van der Waals surface area contributed by atoms with Crippen LogP contribution in [-0.2, 0) is 22.7 Å². The number of carbonyl (C=O) groups is 2. The van der Waals surface area contributed by atoms with E-state index in [2.05, 4.69) is 5.32 Å². The molecule has 0 unspecified atom stereocenters. The van der Waals surface area contributed by atoms with Gasteiger partial charge in [0.2, 0.25) is 11.8 Å². The lowest BCUT2D eigenvalue weighted by molar-refractivity contribution is -0.136. The highest BCUT2D eigenvalue weighted by Crippen LogP contribution is 2.12. The van der Waals surface area contributed by atoms with E-state index in [-0.39, 0.29) is 43.7 Å². The summed E-state index contributed by atoms with van der Waals surface area (Å²) in [6, 6.07) is 12.8. The first-order valence-electron chi connectivity index (χ1n) is 9.35. The van der Waals surface area contributed by atoms with Gasteiger partial charge in [0, 0.05) is 26.1 Å². The zero-order valence-electron chi connectivity index (χ0n) is 16.1. The second-order valence-electron chi connectivity index (χ2n) is 6.55. The molecule has 0 aliphatic carbocycles. The summed E-state index contributed by atoms with van der Waals surface area (Å²) in [4.78, 5) is 38.1. The first-order valence-corrected chi connectivity index (χ1v) is 9.35. The van der Waals surface area contributed by atoms with Crippen molar-refractivity contribution in [1.82, 2.24) is 14.8 Å². The van der Waals surface area contributed by atoms with Crippen LogP contribution in [0, 0.1) is 5.82 Å². The van der Waals surface area contributed by atoms with E-state index < -0.39 is 5.76 Å². The average molecular weight is 399 g/mol. The minimum atomic E-state index is -0.515. The van der Waals surface area contributed by atoms with Crippen LogP contribution in [0.15, 0.2) is 57.7 Å². The van der Waals surface area contributed by atoms with E-state index in [9.17, 15) is 18.8 Å². The Labute approximate surface area is 166 Å². The zero-order valence-corrected chi connectivity index (χ0v) is 16.1. The number of likely N-dealkylation sites (N-methyl/N-ethyl adjacent to an activating group) is 1. The minimum absolute atomic E-state index is 0.0719. The van der Waals surface area contributed by atoms with Gasteiger partial charge in [0.25, 0.3) is 0 Å². The van der Waals surface area contributed by atoms with Gasteiger partial charge < -0.3 is 14.6 Å². The van der Waals surface area contributed by atoms with Gasteiger partial charge in [0.05, 0.1) is 12.1 Å². The van der Waals surface area contributed by atoms with Crippen molar-refractivity contribution in [3.8, 4) is 0 Å². The molecule has 3 rings (SSSR count). The summed E-state index contributed by atoms with van der Waals surface area (Å²) >= 11 is 0. The van der Waals surface area contributed by atoms with Crippen molar-refractivity contribution in [3.05, 3.63) is 70.5 Å². The van der Waals surface area contributed by atoms with Crippen LogP contribution in [0.5, 0.6) is 0 Å². The number of halogens is 1. The molecule has 8 heteroatoms. The number of amides is 2. The van der Waals surface area contributed by atoms with Crippen LogP contribution in [0.25, 0.3) is 11.1 Å². The Hall–Kier alpha value is -3.42. The predicted octanol–water partition coefficient (Wildman–Crippen LogP) is 2.29. The Bertz CT molecular complexity index is 1060. The number of aryl methyl sites for hydroxylation is 1. The van der Waals surface area contributed by atoms with Crippen LogP contribution in [-0.4, -0.2) is 34.4 Å². The summed E-state index contributed by atoms with van der Waals surface area (Å²) in [7, 11) is 0. The van der Waals surface area contributed by atoms with Crippen molar-refractivity contribution in [1.29, 1.82) is 0 Å². The number of oxazole rings is 1. The number of hydrogen-bond acceptors (Lipinski definition) is 4. The number of nitrogens with zero attached hydrogens (tertiary/aromatic N) is 2. The van der Waals surface area contributed by atoms with E-state index in [0.29, 0.717) is 17.6 Å². The molecular weight excluding hydrogens is 377 g/mol. The van der Waals surface area contributed by atoms with Crippen LogP contribution in [0.1, 0.15) is 18.9 Å². The third kappa shape index (κ3) is 5.10. The van der Waals surface area contributed by atoms with Gasteiger partial charge in [-0.25, -0.2) is 9.18 Å². The molecule has 0 saturated heterocycles. The van der Waals surface area contributed by atoms with Crippen LogP contribution >= 0.6 is 0 Å². The first-order chi connectivity index (χ1) is 14.0. The Morgan fingerprint density at radius 2 is 1.86 bits per heavy atom. The molecule has 0 fully saturated rings. The molecule has 1 N–H and O–H groups in total. The van der Waals surface area contributed by atoms with E-state index in [0.717, 1.165) is 5.56 Å². The standard InChI is InChI=1S/C21H22FN3O4/c1-2-24(14-19(26)23-13-15-7-9-16(22)10-8-15)20(27)11-12-25-17-5-3-4-6-18(17)29-21(25)28/h3-10H,2,11-14H2,1H3,(H,23,26). The number of rotatable bonds is 8. The maximum Gasteiger partial charge on any atom is 0.419 e. The maximum atomic E-state index is 12.9. The van der Waals surface area contributed by atoms with Gasteiger partial charge in [-0.1, -0.05) is 24.3 Å². The van der Waals surface area contributed by atoms with Crippen molar-refractivity contribution < 1.29 is 18.4 Å². The third-order valence-corrected chi connectivity index (χ3v) is 4.59. The molecular formula is C21H22FN3O4. The molecule has 0 aliphatic rings. The van der Waals surface area contributed by atoms with Crippen LogP contribution in [0.3, 0.4) is 0 Å². The van der Waals surface area contributed by atoms with Gasteiger partial charge >= 0.3 is 5.76 Å². The quantitative estimate of drug-likeness (QED) is 0.630. The van der Waals surface area contributed by atoms with Crippen molar-refractivity contribution in [2.45, 2.75) is 26.4 Å². The molecule has 0 spiro atoms. The number of fused-ring (bicyclic) bond motifs is 1. The second kappa shape index (κ2) is 9.18. The van der Waals surface area contributed by atoms with Crippen molar-refractivity contribution >= 4 is 22.9 Å². The van der Waals surface area contributed by atoms with Crippen molar-refractivity contribution in [2.24, 2.45) is 0 Å². The fraction of sp³-hybridized carbons (Fsp3) is 0.286. The Morgan fingerprint density at radius 1 is 1.14 bits per heavy atom. The molecule has 0 atom stereocenters. The number of hydrogen-bond donors (Lipinski definition) is 1. The largest absolute Gasteiger partial charge is 0.419 e. The molecule has 7 nitrogen and oxygen atoms in total. The highest BCUT2D eigenvalue weighted by molar-refractivity contribution is 5.84. The lowest BCUT2D eigenvalue weighted by Crippen LogP contribution is -2.40. The zero-order chi connectivity index (χ0) is 20.8. The van der Waals surface area contributed by atoms with E-state index in [1.807, 2.05) is 0 Å². The van der Waals surface area contributed by atoms with Crippen LogP contribution < -0.4 is 11.1 Å². The molecule has 0 radical (unpaired) electrons. The summed E-state index contributed by atoms with van der Waals surface area (Å²) < 4.78 is 19.5. The Kier molecular flexibility index (Phi) is 6.43.